The molecule has 2 rings (SSSR count). The highest BCUT2D eigenvalue weighted by atomic mass is 16.5. The van der Waals surface area contributed by atoms with Crippen molar-refractivity contribution in [1.82, 2.24) is 15.5 Å². The van der Waals surface area contributed by atoms with Gasteiger partial charge < -0.3 is 15.4 Å². The van der Waals surface area contributed by atoms with Crippen molar-refractivity contribution in [3.63, 3.8) is 0 Å². The molecule has 5 nitrogen and oxygen atoms in total. The Morgan fingerprint density at radius 2 is 2.04 bits per heavy atom. The average Bonchev–Trinajstić information content (AvgIpc) is 2.58. The lowest BCUT2D eigenvalue weighted by atomic mass is 9.82. The number of ether oxygens (including phenoxy) is 1. The first-order chi connectivity index (χ1) is 11.2. The smallest absolute Gasteiger partial charge is 0.191 e. The fraction of sp³-hybridized carbons (Fsp3) is 0.944. The van der Waals surface area contributed by atoms with Crippen molar-refractivity contribution in [3.05, 3.63) is 0 Å². The third-order valence-electron chi connectivity index (χ3n) is 5.13. The van der Waals surface area contributed by atoms with Gasteiger partial charge >= 0.3 is 0 Å². The van der Waals surface area contributed by atoms with Crippen molar-refractivity contribution >= 4 is 5.96 Å². The lowest BCUT2D eigenvalue weighted by molar-refractivity contribution is 0.0220. The predicted octanol–water partition coefficient (Wildman–Crippen LogP) is 2.09. The van der Waals surface area contributed by atoms with Gasteiger partial charge in [-0.05, 0) is 38.5 Å². The van der Waals surface area contributed by atoms with Crippen LogP contribution < -0.4 is 10.6 Å². The van der Waals surface area contributed by atoms with Crippen LogP contribution in [-0.2, 0) is 4.74 Å². The van der Waals surface area contributed by atoms with E-state index in [1.165, 1.54) is 25.7 Å². The molecule has 1 aliphatic carbocycles. The second-order valence-electron chi connectivity index (χ2n) is 7.24. The normalized spacial score (nSPS) is 28.4. The molecule has 1 saturated heterocycles. The summed E-state index contributed by atoms with van der Waals surface area (Å²) in [5, 5.41) is 6.95. The number of rotatable bonds is 6. The van der Waals surface area contributed by atoms with E-state index in [4.69, 9.17) is 9.73 Å². The number of nitrogens with zero attached hydrogens (tertiary/aromatic N) is 2. The Hall–Kier alpha value is -0.810. The van der Waals surface area contributed by atoms with Gasteiger partial charge in [0.25, 0.3) is 0 Å². The van der Waals surface area contributed by atoms with Gasteiger partial charge in [0, 0.05) is 32.2 Å². The minimum absolute atomic E-state index is 0.476. The zero-order chi connectivity index (χ0) is 16.5. The molecule has 0 bridgehead atoms. The fourth-order valence-corrected chi connectivity index (χ4v) is 3.68. The molecule has 1 saturated carbocycles. The summed E-state index contributed by atoms with van der Waals surface area (Å²) in [6, 6.07) is 0.476. The van der Waals surface area contributed by atoms with E-state index in [1.807, 2.05) is 0 Å². The molecule has 2 aliphatic rings. The summed E-state index contributed by atoms with van der Waals surface area (Å²) in [6.45, 7) is 13.4. The van der Waals surface area contributed by atoms with Gasteiger partial charge in [-0.25, -0.2) is 0 Å². The second-order valence-corrected chi connectivity index (χ2v) is 7.24. The Morgan fingerprint density at radius 3 is 2.74 bits per heavy atom. The Morgan fingerprint density at radius 1 is 1.26 bits per heavy atom. The highest BCUT2D eigenvalue weighted by molar-refractivity contribution is 5.79. The lowest BCUT2D eigenvalue weighted by Gasteiger charge is -2.31. The monoisotopic (exact) mass is 324 g/mol. The van der Waals surface area contributed by atoms with Crippen LogP contribution in [0.4, 0.5) is 0 Å². The summed E-state index contributed by atoms with van der Waals surface area (Å²) in [7, 11) is 0. The molecule has 0 aromatic heterocycles. The zero-order valence-electron chi connectivity index (χ0n) is 15.3. The molecule has 3 unspecified atom stereocenters. The predicted molar refractivity (Wildman–Crippen MR) is 97.0 cm³/mol. The van der Waals surface area contributed by atoms with E-state index >= 15 is 0 Å². The maximum atomic E-state index is 5.43. The molecular formula is C18H36N4O. The van der Waals surface area contributed by atoms with Gasteiger partial charge in [0.15, 0.2) is 5.96 Å². The first kappa shape index (κ1) is 18.5. The van der Waals surface area contributed by atoms with Crippen molar-refractivity contribution in [2.24, 2.45) is 16.8 Å². The van der Waals surface area contributed by atoms with Gasteiger partial charge in [0.2, 0.25) is 0 Å². The molecular weight excluding hydrogens is 288 g/mol. The molecule has 3 atom stereocenters. The van der Waals surface area contributed by atoms with Gasteiger partial charge in [0.05, 0.1) is 19.8 Å². The summed E-state index contributed by atoms with van der Waals surface area (Å²) in [4.78, 5) is 7.28. The van der Waals surface area contributed by atoms with E-state index in [-0.39, 0.29) is 0 Å². The minimum Gasteiger partial charge on any atom is -0.379 e. The van der Waals surface area contributed by atoms with E-state index in [0.717, 1.165) is 63.7 Å². The molecule has 1 aliphatic heterocycles. The summed E-state index contributed by atoms with van der Waals surface area (Å²) in [5.41, 5.74) is 0. The number of morpholine rings is 1. The van der Waals surface area contributed by atoms with Gasteiger partial charge in [-0.15, -0.1) is 0 Å². The third-order valence-corrected chi connectivity index (χ3v) is 5.13. The molecule has 0 aromatic rings. The Balaban J connectivity index is 1.76. The minimum atomic E-state index is 0.476. The quantitative estimate of drug-likeness (QED) is 0.580. The molecule has 5 heteroatoms. The maximum Gasteiger partial charge on any atom is 0.191 e. The molecule has 0 aromatic carbocycles. The topological polar surface area (TPSA) is 48.9 Å². The number of nitrogens with one attached hydrogen (secondary N) is 2. The van der Waals surface area contributed by atoms with E-state index in [2.05, 4.69) is 36.3 Å². The van der Waals surface area contributed by atoms with Gasteiger partial charge in [-0.2, -0.15) is 0 Å². The molecule has 134 valence electrons. The molecule has 1 heterocycles. The largest absolute Gasteiger partial charge is 0.379 e. The van der Waals surface area contributed by atoms with Crippen LogP contribution in [0.25, 0.3) is 0 Å². The summed E-state index contributed by atoms with van der Waals surface area (Å²) in [5.74, 6) is 2.67. The first-order valence-electron chi connectivity index (χ1n) is 9.53. The molecule has 0 radical (unpaired) electrons. The molecule has 2 N–H and O–H groups in total. The molecule has 0 spiro atoms. The van der Waals surface area contributed by atoms with Crippen molar-refractivity contribution < 1.29 is 4.74 Å². The van der Waals surface area contributed by atoms with Crippen LogP contribution in [0.1, 0.15) is 46.5 Å². The Bertz CT molecular complexity index is 355. The lowest BCUT2D eigenvalue weighted by Crippen LogP contribution is -2.45. The summed E-state index contributed by atoms with van der Waals surface area (Å²) < 4.78 is 5.43. The van der Waals surface area contributed by atoms with E-state index in [9.17, 15) is 0 Å². The second kappa shape index (κ2) is 10.1. The van der Waals surface area contributed by atoms with Crippen LogP contribution in [0.5, 0.6) is 0 Å². The third kappa shape index (κ3) is 6.68. The van der Waals surface area contributed by atoms with Crippen LogP contribution in [0.3, 0.4) is 0 Å². The van der Waals surface area contributed by atoms with Crippen molar-refractivity contribution in [2.45, 2.75) is 52.5 Å². The molecule has 0 amide bonds. The summed E-state index contributed by atoms with van der Waals surface area (Å²) in [6.07, 6.45) is 5.51. The van der Waals surface area contributed by atoms with Crippen molar-refractivity contribution in [1.29, 1.82) is 0 Å². The SMILES string of the molecule is CCNC(=NCC(C)N1CCOCC1)NCC1CCCC(C)C1. The van der Waals surface area contributed by atoms with Gasteiger partial charge in [-0.1, -0.05) is 19.8 Å². The van der Waals surface area contributed by atoms with Crippen LogP contribution in [0.2, 0.25) is 0 Å². The standard InChI is InChI=1S/C18H36N4O/c1-4-19-18(21-14-17-7-5-6-15(2)12-17)20-13-16(3)22-8-10-23-11-9-22/h15-17H,4-14H2,1-3H3,(H2,19,20,21). The fourth-order valence-electron chi connectivity index (χ4n) is 3.68. The van der Waals surface area contributed by atoms with Crippen LogP contribution in [0, 0.1) is 11.8 Å². The Labute approximate surface area is 142 Å². The zero-order valence-corrected chi connectivity index (χ0v) is 15.3. The number of hydrogen-bond acceptors (Lipinski definition) is 3. The van der Waals surface area contributed by atoms with Crippen molar-refractivity contribution in [2.75, 3.05) is 45.9 Å². The van der Waals surface area contributed by atoms with Crippen molar-refractivity contribution in [3.8, 4) is 0 Å². The van der Waals surface area contributed by atoms with Gasteiger partial charge in [-0.3, -0.25) is 9.89 Å². The molecule has 23 heavy (non-hydrogen) atoms. The van der Waals surface area contributed by atoms with Crippen LogP contribution >= 0.6 is 0 Å². The van der Waals surface area contributed by atoms with E-state index < -0.39 is 0 Å². The highest BCUT2D eigenvalue weighted by Crippen LogP contribution is 2.27. The first-order valence-corrected chi connectivity index (χ1v) is 9.53. The van der Waals surface area contributed by atoms with Crippen LogP contribution in [-0.4, -0.2) is 62.8 Å². The average molecular weight is 325 g/mol. The number of aliphatic imine (C=N–C) groups is 1. The van der Waals surface area contributed by atoms with Crippen LogP contribution in [0.15, 0.2) is 4.99 Å². The molecule has 2 fully saturated rings. The number of hydrogen-bond donors (Lipinski definition) is 2. The Kier molecular flexibility index (Phi) is 8.17. The maximum absolute atomic E-state index is 5.43. The van der Waals surface area contributed by atoms with E-state index in [1.54, 1.807) is 0 Å². The van der Waals surface area contributed by atoms with Gasteiger partial charge in [0.1, 0.15) is 0 Å². The summed E-state index contributed by atoms with van der Waals surface area (Å²) >= 11 is 0. The van der Waals surface area contributed by atoms with E-state index in [0.29, 0.717) is 6.04 Å². The number of guanidine groups is 1. The highest BCUT2D eigenvalue weighted by Gasteiger charge is 2.19.